The molecule has 0 radical (unpaired) electrons. The SMILES string of the molecule is Cc1c(C#N)c(O)n(CCO)c(=O)c1N=Nc1ccc(Cl)c(C(=O)[O-])c1. The molecule has 1 heterocycles. The Balaban J connectivity index is 2.60. The lowest BCUT2D eigenvalue weighted by Gasteiger charge is -2.11. The fourth-order valence-corrected chi connectivity index (χ4v) is 2.40. The number of aliphatic hydroxyl groups is 1. The van der Waals surface area contributed by atoms with E-state index in [4.69, 9.17) is 16.7 Å². The molecule has 0 aliphatic carbocycles. The molecule has 9 nitrogen and oxygen atoms in total. The van der Waals surface area contributed by atoms with Crippen LogP contribution < -0.4 is 10.7 Å². The number of carbonyl (C=O) groups excluding carboxylic acids is 1. The first-order valence-electron chi connectivity index (χ1n) is 7.21. The summed E-state index contributed by atoms with van der Waals surface area (Å²) >= 11 is 5.74. The van der Waals surface area contributed by atoms with E-state index in [0.717, 1.165) is 10.6 Å². The van der Waals surface area contributed by atoms with Gasteiger partial charge in [0.05, 0.1) is 24.8 Å². The van der Waals surface area contributed by atoms with Crippen LogP contribution in [0.15, 0.2) is 33.2 Å². The predicted octanol–water partition coefficient (Wildman–Crippen LogP) is 1.16. The number of aromatic hydroxyl groups is 1. The number of carboxylic acids is 1. The molecule has 134 valence electrons. The van der Waals surface area contributed by atoms with Gasteiger partial charge < -0.3 is 20.1 Å². The van der Waals surface area contributed by atoms with Crippen molar-refractivity contribution in [1.29, 1.82) is 5.26 Å². The van der Waals surface area contributed by atoms with Gasteiger partial charge in [0.2, 0.25) is 5.88 Å². The number of halogens is 1. The molecule has 0 aliphatic heterocycles. The van der Waals surface area contributed by atoms with Crippen LogP contribution in [0.5, 0.6) is 5.88 Å². The molecule has 0 atom stereocenters. The molecule has 1 aromatic heterocycles. The Kier molecular flexibility index (Phi) is 5.71. The number of rotatable bonds is 5. The third kappa shape index (κ3) is 3.56. The third-order valence-corrected chi connectivity index (χ3v) is 3.86. The van der Waals surface area contributed by atoms with Crippen molar-refractivity contribution < 1.29 is 20.1 Å². The maximum Gasteiger partial charge on any atom is 0.281 e. The zero-order valence-electron chi connectivity index (χ0n) is 13.4. The van der Waals surface area contributed by atoms with Crippen LogP contribution in [0.25, 0.3) is 0 Å². The Morgan fingerprint density at radius 3 is 2.69 bits per heavy atom. The van der Waals surface area contributed by atoms with Gasteiger partial charge in [-0.1, -0.05) is 11.6 Å². The largest absolute Gasteiger partial charge is 0.545 e. The molecular formula is C16H12ClN4O5-. The van der Waals surface area contributed by atoms with Gasteiger partial charge in [-0.25, -0.2) is 0 Å². The lowest BCUT2D eigenvalue weighted by atomic mass is 10.1. The number of nitrogens with zero attached hydrogens (tertiary/aromatic N) is 4. The lowest BCUT2D eigenvalue weighted by Crippen LogP contribution is -2.23. The van der Waals surface area contributed by atoms with Crippen LogP contribution in [0, 0.1) is 18.3 Å². The first kappa shape index (κ1) is 19.1. The molecule has 1 aromatic carbocycles. The van der Waals surface area contributed by atoms with Crippen LogP contribution in [0.1, 0.15) is 21.5 Å². The molecular weight excluding hydrogens is 364 g/mol. The summed E-state index contributed by atoms with van der Waals surface area (Å²) in [4.78, 5) is 23.4. The van der Waals surface area contributed by atoms with E-state index in [2.05, 4.69) is 10.2 Å². The Labute approximate surface area is 152 Å². The third-order valence-electron chi connectivity index (χ3n) is 3.53. The summed E-state index contributed by atoms with van der Waals surface area (Å²) in [5.74, 6) is -2.07. The van der Waals surface area contributed by atoms with Gasteiger partial charge in [-0.15, -0.1) is 5.11 Å². The highest BCUT2D eigenvalue weighted by Gasteiger charge is 2.18. The summed E-state index contributed by atoms with van der Waals surface area (Å²) in [5.41, 5.74) is -1.27. The van der Waals surface area contributed by atoms with E-state index in [1.807, 2.05) is 0 Å². The number of aliphatic hydroxyl groups excluding tert-OH is 1. The fourth-order valence-electron chi connectivity index (χ4n) is 2.20. The van der Waals surface area contributed by atoms with E-state index in [9.17, 15) is 25.1 Å². The Bertz CT molecular complexity index is 1010. The van der Waals surface area contributed by atoms with Crippen LogP contribution in [0.4, 0.5) is 11.4 Å². The van der Waals surface area contributed by atoms with Gasteiger partial charge in [0, 0.05) is 16.1 Å². The van der Waals surface area contributed by atoms with E-state index in [1.165, 1.54) is 19.1 Å². The zero-order valence-corrected chi connectivity index (χ0v) is 14.2. The van der Waals surface area contributed by atoms with Crippen LogP contribution in [-0.4, -0.2) is 27.4 Å². The second-order valence-corrected chi connectivity index (χ2v) is 5.52. The standard InChI is InChI=1S/C16H13ClN4O5/c1-8-11(7-18)14(23)21(4-5-22)15(24)13(8)20-19-9-2-3-12(17)10(6-9)16(25)26/h2-3,6,22-23H,4-5H2,1H3,(H,25,26)/p-1. The van der Waals surface area contributed by atoms with E-state index >= 15 is 0 Å². The van der Waals surface area contributed by atoms with Crippen molar-refractivity contribution in [3.63, 3.8) is 0 Å². The first-order valence-corrected chi connectivity index (χ1v) is 7.59. The summed E-state index contributed by atoms with van der Waals surface area (Å²) in [7, 11) is 0. The summed E-state index contributed by atoms with van der Waals surface area (Å²) < 4.78 is 0.800. The molecule has 2 N–H and O–H groups in total. The Morgan fingerprint density at radius 2 is 2.12 bits per heavy atom. The van der Waals surface area contributed by atoms with Crippen LogP contribution in [0.2, 0.25) is 5.02 Å². The van der Waals surface area contributed by atoms with Crippen molar-refractivity contribution in [2.45, 2.75) is 13.5 Å². The van der Waals surface area contributed by atoms with Crippen molar-refractivity contribution in [3.05, 3.63) is 50.3 Å². The second-order valence-electron chi connectivity index (χ2n) is 5.12. The monoisotopic (exact) mass is 375 g/mol. The van der Waals surface area contributed by atoms with Gasteiger partial charge in [0.15, 0.2) is 5.69 Å². The molecule has 26 heavy (non-hydrogen) atoms. The Hall–Kier alpha value is -3.22. The number of azo groups is 1. The summed E-state index contributed by atoms with van der Waals surface area (Å²) in [6, 6.07) is 5.55. The van der Waals surface area contributed by atoms with Crippen molar-refractivity contribution in [2.75, 3.05) is 6.61 Å². The summed E-state index contributed by atoms with van der Waals surface area (Å²) in [5, 5.41) is 46.7. The minimum Gasteiger partial charge on any atom is -0.545 e. The van der Waals surface area contributed by atoms with Crippen molar-refractivity contribution in [1.82, 2.24) is 4.57 Å². The summed E-state index contributed by atoms with van der Waals surface area (Å²) in [6.45, 7) is 0.730. The molecule has 0 bridgehead atoms. The van der Waals surface area contributed by atoms with E-state index in [1.54, 1.807) is 6.07 Å². The molecule has 2 aromatic rings. The van der Waals surface area contributed by atoms with Crippen LogP contribution in [0.3, 0.4) is 0 Å². The van der Waals surface area contributed by atoms with Crippen LogP contribution >= 0.6 is 11.6 Å². The smallest absolute Gasteiger partial charge is 0.281 e. The second kappa shape index (κ2) is 7.77. The van der Waals surface area contributed by atoms with Crippen LogP contribution in [-0.2, 0) is 6.54 Å². The molecule has 0 saturated carbocycles. The van der Waals surface area contributed by atoms with Crippen molar-refractivity contribution >= 4 is 28.9 Å². The quantitative estimate of drug-likeness (QED) is 0.748. The van der Waals surface area contributed by atoms with Crippen molar-refractivity contribution in [2.24, 2.45) is 10.2 Å². The highest BCUT2D eigenvalue weighted by Crippen LogP contribution is 2.28. The maximum absolute atomic E-state index is 12.4. The molecule has 0 amide bonds. The van der Waals surface area contributed by atoms with Gasteiger partial charge in [-0.2, -0.15) is 10.4 Å². The molecule has 0 saturated heterocycles. The van der Waals surface area contributed by atoms with Gasteiger partial charge in [0.1, 0.15) is 11.6 Å². The average molecular weight is 376 g/mol. The van der Waals surface area contributed by atoms with Crippen molar-refractivity contribution in [3.8, 4) is 11.9 Å². The first-order chi connectivity index (χ1) is 12.3. The number of benzene rings is 1. The number of aromatic nitrogens is 1. The minimum atomic E-state index is -1.50. The van der Waals surface area contributed by atoms with Gasteiger partial charge >= 0.3 is 0 Å². The molecule has 2 rings (SSSR count). The maximum atomic E-state index is 12.4. The fraction of sp³-hybridized carbons (Fsp3) is 0.188. The normalized spacial score (nSPS) is 10.8. The van der Waals surface area contributed by atoms with Gasteiger partial charge in [0.25, 0.3) is 5.56 Å². The summed E-state index contributed by atoms with van der Waals surface area (Å²) in [6.07, 6.45) is 0. The number of carboxylic acid groups (broad SMARTS) is 1. The number of nitriles is 1. The minimum absolute atomic E-state index is 0.0400. The van der Waals surface area contributed by atoms with Gasteiger partial charge in [-0.05, 0) is 25.1 Å². The molecule has 0 spiro atoms. The highest BCUT2D eigenvalue weighted by molar-refractivity contribution is 6.33. The highest BCUT2D eigenvalue weighted by atomic mass is 35.5. The molecule has 0 unspecified atom stereocenters. The lowest BCUT2D eigenvalue weighted by molar-refractivity contribution is -0.255. The molecule has 0 aliphatic rings. The molecule has 10 heteroatoms. The number of hydrogen-bond acceptors (Lipinski definition) is 8. The number of hydrogen-bond donors (Lipinski definition) is 2. The van der Waals surface area contributed by atoms with E-state index in [0.29, 0.717) is 0 Å². The topological polar surface area (TPSA) is 151 Å². The van der Waals surface area contributed by atoms with Gasteiger partial charge in [-0.3, -0.25) is 9.36 Å². The zero-order chi connectivity index (χ0) is 19.4. The van der Waals surface area contributed by atoms with E-state index in [-0.39, 0.29) is 39.6 Å². The Morgan fingerprint density at radius 1 is 1.42 bits per heavy atom. The predicted molar refractivity (Wildman–Crippen MR) is 88.9 cm³/mol. The number of pyridine rings is 1. The number of aromatic carboxylic acids is 1. The van der Waals surface area contributed by atoms with E-state index < -0.39 is 24.0 Å². The molecule has 0 fully saturated rings. The average Bonchev–Trinajstić information content (AvgIpc) is 2.60. The number of carbonyl (C=O) groups is 1.